The monoisotopic (exact) mass is 246 g/mol. The van der Waals surface area contributed by atoms with Crippen molar-refractivity contribution in [3.63, 3.8) is 0 Å². The van der Waals surface area contributed by atoms with Crippen LogP contribution < -0.4 is 11.1 Å². The van der Waals surface area contributed by atoms with E-state index in [2.05, 4.69) is 5.32 Å². The highest BCUT2D eigenvalue weighted by molar-refractivity contribution is 5.80. The van der Waals surface area contributed by atoms with Crippen LogP contribution in [0.1, 0.15) is 38.7 Å². The second kappa shape index (κ2) is 5.11. The molecule has 0 aromatic heterocycles. The van der Waals surface area contributed by atoms with Crippen LogP contribution >= 0.6 is 0 Å². The van der Waals surface area contributed by atoms with E-state index in [0.29, 0.717) is 0 Å². The molecule has 0 saturated heterocycles. The Kier molecular flexibility index (Phi) is 3.71. The van der Waals surface area contributed by atoms with Gasteiger partial charge in [0.1, 0.15) is 0 Å². The van der Waals surface area contributed by atoms with Crippen molar-refractivity contribution in [2.24, 2.45) is 11.7 Å². The number of hydrogen-bond acceptors (Lipinski definition) is 2. The second-order valence-corrected chi connectivity index (χ2v) is 5.75. The zero-order valence-corrected chi connectivity index (χ0v) is 11.1. The Labute approximate surface area is 109 Å². The Morgan fingerprint density at radius 3 is 2.50 bits per heavy atom. The molecule has 1 saturated carbocycles. The van der Waals surface area contributed by atoms with E-state index in [-0.39, 0.29) is 23.4 Å². The number of amides is 1. The van der Waals surface area contributed by atoms with E-state index in [4.69, 9.17) is 5.73 Å². The zero-order valence-electron chi connectivity index (χ0n) is 11.1. The van der Waals surface area contributed by atoms with E-state index in [9.17, 15) is 4.79 Å². The van der Waals surface area contributed by atoms with Gasteiger partial charge in [0.25, 0.3) is 0 Å². The third-order valence-corrected chi connectivity index (χ3v) is 3.78. The molecule has 1 amide bonds. The topological polar surface area (TPSA) is 55.1 Å². The van der Waals surface area contributed by atoms with Crippen molar-refractivity contribution in [1.82, 2.24) is 5.32 Å². The molecule has 0 spiro atoms. The Bertz CT molecular complexity index is 414. The van der Waals surface area contributed by atoms with E-state index < -0.39 is 0 Å². The van der Waals surface area contributed by atoms with Crippen molar-refractivity contribution < 1.29 is 4.79 Å². The van der Waals surface area contributed by atoms with Crippen molar-refractivity contribution in [3.8, 4) is 0 Å². The van der Waals surface area contributed by atoms with Gasteiger partial charge in [0.2, 0.25) is 5.91 Å². The summed E-state index contributed by atoms with van der Waals surface area (Å²) >= 11 is 0. The van der Waals surface area contributed by atoms with Gasteiger partial charge in [-0.2, -0.15) is 0 Å². The SMILES string of the molecule is CC(C)(NC(=O)C1CCC(N)C1)c1ccccc1. The van der Waals surface area contributed by atoms with Gasteiger partial charge in [-0.1, -0.05) is 30.3 Å². The summed E-state index contributed by atoms with van der Waals surface area (Å²) in [5, 5.41) is 3.14. The minimum Gasteiger partial charge on any atom is -0.347 e. The first-order valence-electron chi connectivity index (χ1n) is 6.62. The van der Waals surface area contributed by atoms with Gasteiger partial charge in [-0.15, -0.1) is 0 Å². The standard InChI is InChI=1S/C15H22N2O/c1-15(2,12-6-4-3-5-7-12)17-14(18)11-8-9-13(16)10-11/h3-7,11,13H,8-10,16H2,1-2H3,(H,17,18). The number of nitrogens with two attached hydrogens (primary N) is 1. The van der Waals surface area contributed by atoms with Gasteiger partial charge in [0.15, 0.2) is 0 Å². The first kappa shape index (κ1) is 13.1. The Morgan fingerprint density at radius 2 is 1.94 bits per heavy atom. The highest BCUT2D eigenvalue weighted by atomic mass is 16.2. The number of carbonyl (C=O) groups excluding carboxylic acids is 1. The lowest BCUT2D eigenvalue weighted by molar-refractivity contribution is -0.126. The van der Waals surface area contributed by atoms with Crippen LogP contribution in [0.4, 0.5) is 0 Å². The molecule has 2 rings (SSSR count). The largest absolute Gasteiger partial charge is 0.347 e. The average Bonchev–Trinajstić information content (AvgIpc) is 2.77. The molecular weight excluding hydrogens is 224 g/mol. The van der Waals surface area contributed by atoms with Crippen molar-refractivity contribution >= 4 is 5.91 Å². The smallest absolute Gasteiger partial charge is 0.223 e. The minimum atomic E-state index is -0.328. The molecule has 3 heteroatoms. The molecule has 2 unspecified atom stereocenters. The van der Waals surface area contributed by atoms with E-state index in [0.717, 1.165) is 24.8 Å². The molecule has 98 valence electrons. The van der Waals surface area contributed by atoms with Crippen LogP contribution in [0.25, 0.3) is 0 Å². The van der Waals surface area contributed by atoms with Gasteiger partial charge >= 0.3 is 0 Å². The predicted octanol–water partition coefficient (Wildman–Crippen LogP) is 2.17. The fraction of sp³-hybridized carbons (Fsp3) is 0.533. The lowest BCUT2D eigenvalue weighted by Gasteiger charge is -2.28. The van der Waals surface area contributed by atoms with Crippen LogP contribution in [0.5, 0.6) is 0 Å². The van der Waals surface area contributed by atoms with Gasteiger partial charge in [-0.05, 0) is 38.7 Å². The van der Waals surface area contributed by atoms with Crippen LogP contribution in [0.2, 0.25) is 0 Å². The fourth-order valence-corrected chi connectivity index (χ4v) is 2.59. The summed E-state index contributed by atoms with van der Waals surface area (Å²) in [6, 6.07) is 10.3. The molecule has 0 bridgehead atoms. The maximum absolute atomic E-state index is 12.2. The maximum Gasteiger partial charge on any atom is 0.223 e. The molecular formula is C15H22N2O. The molecule has 1 aliphatic carbocycles. The van der Waals surface area contributed by atoms with Crippen molar-refractivity contribution in [1.29, 1.82) is 0 Å². The van der Waals surface area contributed by atoms with E-state index in [1.165, 1.54) is 0 Å². The Morgan fingerprint density at radius 1 is 1.28 bits per heavy atom. The lowest BCUT2D eigenvalue weighted by atomic mass is 9.93. The fourth-order valence-electron chi connectivity index (χ4n) is 2.59. The molecule has 18 heavy (non-hydrogen) atoms. The Balaban J connectivity index is 2.02. The molecule has 1 aliphatic rings. The highest BCUT2D eigenvalue weighted by Gasteiger charge is 2.31. The van der Waals surface area contributed by atoms with Gasteiger partial charge in [0.05, 0.1) is 5.54 Å². The minimum absolute atomic E-state index is 0.0861. The summed E-state index contributed by atoms with van der Waals surface area (Å²) in [5.41, 5.74) is 6.66. The number of rotatable bonds is 3. The molecule has 1 fully saturated rings. The van der Waals surface area contributed by atoms with Crippen LogP contribution in [0, 0.1) is 5.92 Å². The first-order valence-corrected chi connectivity index (χ1v) is 6.62. The third-order valence-electron chi connectivity index (χ3n) is 3.78. The molecule has 3 N–H and O–H groups in total. The zero-order chi connectivity index (χ0) is 13.2. The summed E-state index contributed by atoms with van der Waals surface area (Å²) in [4.78, 5) is 12.2. The molecule has 3 nitrogen and oxygen atoms in total. The second-order valence-electron chi connectivity index (χ2n) is 5.75. The molecule has 0 radical (unpaired) electrons. The molecule has 0 heterocycles. The predicted molar refractivity (Wildman–Crippen MR) is 72.9 cm³/mol. The van der Waals surface area contributed by atoms with E-state index in [1.54, 1.807) is 0 Å². The van der Waals surface area contributed by atoms with Crippen molar-refractivity contribution in [2.45, 2.75) is 44.7 Å². The summed E-state index contributed by atoms with van der Waals surface area (Å²) in [6.45, 7) is 4.07. The van der Waals surface area contributed by atoms with E-state index >= 15 is 0 Å². The maximum atomic E-state index is 12.2. The Hall–Kier alpha value is -1.35. The number of carbonyl (C=O) groups is 1. The first-order chi connectivity index (χ1) is 8.49. The van der Waals surface area contributed by atoms with Gasteiger partial charge in [-0.3, -0.25) is 4.79 Å². The number of nitrogens with one attached hydrogen (secondary N) is 1. The van der Waals surface area contributed by atoms with Gasteiger partial charge in [0, 0.05) is 12.0 Å². The molecule has 1 aromatic carbocycles. The average molecular weight is 246 g/mol. The third kappa shape index (κ3) is 2.91. The van der Waals surface area contributed by atoms with Crippen molar-refractivity contribution in [2.75, 3.05) is 0 Å². The lowest BCUT2D eigenvalue weighted by Crippen LogP contribution is -2.43. The number of hydrogen-bond donors (Lipinski definition) is 2. The van der Waals surface area contributed by atoms with Crippen LogP contribution in [0.15, 0.2) is 30.3 Å². The van der Waals surface area contributed by atoms with Crippen LogP contribution in [-0.4, -0.2) is 11.9 Å². The molecule has 1 aromatic rings. The van der Waals surface area contributed by atoms with E-state index in [1.807, 2.05) is 44.2 Å². The summed E-state index contributed by atoms with van der Waals surface area (Å²) in [5.74, 6) is 0.222. The summed E-state index contributed by atoms with van der Waals surface area (Å²) < 4.78 is 0. The normalized spacial score (nSPS) is 23.9. The van der Waals surface area contributed by atoms with Crippen molar-refractivity contribution in [3.05, 3.63) is 35.9 Å². The highest BCUT2D eigenvalue weighted by Crippen LogP contribution is 2.26. The summed E-state index contributed by atoms with van der Waals surface area (Å²) in [6.07, 6.45) is 2.69. The number of benzene rings is 1. The molecule has 0 aliphatic heterocycles. The van der Waals surface area contributed by atoms with Gasteiger partial charge < -0.3 is 11.1 Å². The van der Waals surface area contributed by atoms with Crippen LogP contribution in [0.3, 0.4) is 0 Å². The van der Waals surface area contributed by atoms with Gasteiger partial charge in [-0.25, -0.2) is 0 Å². The summed E-state index contributed by atoms with van der Waals surface area (Å²) in [7, 11) is 0. The molecule has 2 atom stereocenters. The van der Waals surface area contributed by atoms with Crippen LogP contribution in [-0.2, 0) is 10.3 Å². The quantitative estimate of drug-likeness (QED) is 0.858.